The molecule has 0 spiro atoms. The van der Waals surface area contributed by atoms with Crippen molar-refractivity contribution in [3.8, 4) is 17.0 Å². The van der Waals surface area contributed by atoms with Crippen molar-refractivity contribution in [2.45, 2.75) is 12.8 Å². The number of aryl methyl sites for hydroxylation is 1. The third-order valence-electron chi connectivity index (χ3n) is 2.74. The molecule has 82 valence electrons. The van der Waals surface area contributed by atoms with Crippen LogP contribution in [0.3, 0.4) is 0 Å². The minimum atomic E-state index is 0.327. The number of hydrogen-bond donors (Lipinski definition) is 1. The van der Waals surface area contributed by atoms with Gasteiger partial charge in [-0.2, -0.15) is 0 Å². The van der Waals surface area contributed by atoms with E-state index in [0.717, 1.165) is 36.5 Å². The molecule has 0 fully saturated rings. The standard InChI is InChI=1S/C12H12N2O2/c13-12-7-10(14-16-12)9-4-3-8-2-1-5-15-11(8)6-9/h3-4,6-7H,1-2,5,13H2. The number of nitrogens with zero attached hydrogens (tertiary/aromatic N) is 1. The van der Waals surface area contributed by atoms with Crippen molar-refractivity contribution >= 4 is 5.88 Å². The van der Waals surface area contributed by atoms with Gasteiger partial charge < -0.3 is 15.0 Å². The van der Waals surface area contributed by atoms with Gasteiger partial charge in [-0.3, -0.25) is 0 Å². The summed E-state index contributed by atoms with van der Waals surface area (Å²) in [7, 11) is 0. The monoisotopic (exact) mass is 216 g/mol. The quantitative estimate of drug-likeness (QED) is 0.794. The number of fused-ring (bicyclic) bond motifs is 1. The summed E-state index contributed by atoms with van der Waals surface area (Å²) >= 11 is 0. The molecule has 1 aliphatic rings. The molecule has 0 saturated heterocycles. The maximum absolute atomic E-state index is 5.60. The molecule has 0 aliphatic carbocycles. The Balaban J connectivity index is 2.02. The number of anilines is 1. The molecule has 1 aromatic heterocycles. The average Bonchev–Trinajstić information content (AvgIpc) is 2.75. The molecule has 0 unspecified atom stereocenters. The smallest absolute Gasteiger partial charge is 0.222 e. The van der Waals surface area contributed by atoms with Gasteiger partial charge in [0, 0.05) is 11.6 Å². The maximum Gasteiger partial charge on any atom is 0.222 e. The summed E-state index contributed by atoms with van der Waals surface area (Å²) in [5.74, 6) is 1.28. The van der Waals surface area contributed by atoms with E-state index in [4.69, 9.17) is 15.0 Å². The van der Waals surface area contributed by atoms with Crippen molar-refractivity contribution in [1.29, 1.82) is 0 Å². The molecule has 1 aliphatic heterocycles. The highest BCUT2D eigenvalue weighted by atomic mass is 16.5. The van der Waals surface area contributed by atoms with Crippen LogP contribution in [0.25, 0.3) is 11.3 Å². The van der Waals surface area contributed by atoms with Crippen LogP contribution in [0, 0.1) is 0 Å². The molecular weight excluding hydrogens is 204 g/mol. The van der Waals surface area contributed by atoms with Gasteiger partial charge in [0.15, 0.2) is 0 Å². The minimum absolute atomic E-state index is 0.327. The topological polar surface area (TPSA) is 61.3 Å². The Morgan fingerprint density at radius 1 is 1.25 bits per heavy atom. The van der Waals surface area contributed by atoms with E-state index in [1.54, 1.807) is 6.07 Å². The van der Waals surface area contributed by atoms with Crippen LogP contribution >= 0.6 is 0 Å². The first-order valence-electron chi connectivity index (χ1n) is 5.31. The van der Waals surface area contributed by atoms with E-state index >= 15 is 0 Å². The van der Waals surface area contributed by atoms with Crippen LogP contribution in [0.1, 0.15) is 12.0 Å². The van der Waals surface area contributed by atoms with Crippen molar-refractivity contribution in [2.75, 3.05) is 12.3 Å². The number of nitrogen functional groups attached to an aromatic ring is 1. The second-order valence-corrected chi connectivity index (χ2v) is 3.89. The van der Waals surface area contributed by atoms with Gasteiger partial charge in [0.1, 0.15) is 11.4 Å². The molecule has 1 aromatic carbocycles. The molecule has 4 heteroatoms. The van der Waals surface area contributed by atoms with Crippen LogP contribution in [0.5, 0.6) is 5.75 Å². The molecule has 2 aromatic rings. The molecule has 0 amide bonds. The van der Waals surface area contributed by atoms with Crippen molar-refractivity contribution in [2.24, 2.45) is 0 Å². The first-order chi connectivity index (χ1) is 7.83. The lowest BCUT2D eigenvalue weighted by Crippen LogP contribution is -2.07. The predicted octanol–water partition coefficient (Wildman–Crippen LogP) is 2.25. The van der Waals surface area contributed by atoms with Crippen LogP contribution in [0.2, 0.25) is 0 Å². The van der Waals surface area contributed by atoms with Crippen molar-refractivity contribution in [3.63, 3.8) is 0 Å². The zero-order valence-electron chi connectivity index (χ0n) is 8.77. The van der Waals surface area contributed by atoms with Crippen molar-refractivity contribution < 1.29 is 9.26 Å². The van der Waals surface area contributed by atoms with Gasteiger partial charge in [0.05, 0.1) is 6.61 Å². The molecular formula is C12H12N2O2. The van der Waals surface area contributed by atoms with Gasteiger partial charge in [-0.15, -0.1) is 0 Å². The Labute approximate surface area is 93.0 Å². The third kappa shape index (κ3) is 1.52. The Morgan fingerprint density at radius 2 is 2.19 bits per heavy atom. The van der Waals surface area contributed by atoms with E-state index in [0.29, 0.717) is 5.88 Å². The molecule has 16 heavy (non-hydrogen) atoms. The zero-order chi connectivity index (χ0) is 11.0. The summed E-state index contributed by atoms with van der Waals surface area (Å²) in [5.41, 5.74) is 8.47. The fraction of sp³-hybridized carbons (Fsp3) is 0.250. The summed E-state index contributed by atoms with van der Waals surface area (Å²) in [5, 5.41) is 3.88. The highest BCUT2D eigenvalue weighted by Crippen LogP contribution is 2.30. The van der Waals surface area contributed by atoms with Gasteiger partial charge >= 0.3 is 0 Å². The second-order valence-electron chi connectivity index (χ2n) is 3.89. The number of hydrogen-bond acceptors (Lipinski definition) is 4. The Morgan fingerprint density at radius 3 is 3.00 bits per heavy atom. The molecule has 2 heterocycles. The molecule has 4 nitrogen and oxygen atoms in total. The SMILES string of the molecule is Nc1cc(-c2ccc3c(c2)OCCC3)no1. The normalized spacial score (nSPS) is 14.2. The lowest BCUT2D eigenvalue weighted by molar-refractivity contribution is 0.288. The Hall–Kier alpha value is -1.97. The van der Waals surface area contributed by atoms with Crippen LogP contribution in [-0.2, 0) is 6.42 Å². The molecule has 0 atom stereocenters. The fourth-order valence-corrected chi connectivity index (χ4v) is 1.92. The molecule has 0 radical (unpaired) electrons. The van der Waals surface area contributed by atoms with E-state index < -0.39 is 0 Å². The lowest BCUT2D eigenvalue weighted by atomic mass is 10.0. The summed E-state index contributed by atoms with van der Waals surface area (Å²) < 4.78 is 10.5. The third-order valence-corrected chi connectivity index (χ3v) is 2.74. The van der Waals surface area contributed by atoms with Crippen molar-refractivity contribution in [1.82, 2.24) is 5.16 Å². The average molecular weight is 216 g/mol. The van der Waals surface area contributed by atoms with Crippen molar-refractivity contribution in [3.05, 3.63) is 29.8 Å². The summed E-state index contributed by atoms with van der Waals surface area (Å²) in [4.78, 5) is 0. The van der Waals surface area contributed by atoms with Crippen LogP contribution < -0.4 is 10.5 Å². The number of aromatic nitrogens is 1. The summed E-state index contributed by atoms with van der Waals surface area (Å²) in [6, 6.07) is 7.80. The second kappa shape index (κ2) is 3.56. The van der Waals surface area contributed by atoms with Gasteiger partial charge in [-0.05, 0) is 24.5 Å². The fourth-order valence-electron chi connectivity index (χ4n) is 1.92. The van der Waals surface area contributed by atoms with E-state index in [2.05, 4.69) is 11.2 Å². The number of rotatable bonds is 1. The molecule has 2 N–H and O–H groups in total. The Bertz CT molecular complexity index is 519. The van der Waals surface area contributed by atoms with Gasteiger partial charge in [0.25, 0.3) is 0 Å². The number of benzene rings is 1. The zero-order valence-corrected chi connectivity index (χ0v) is 8.77. The summed E-state index contributed by atoms with van der Waals surface area (Å²) in [6.07, 6.45) is 2.17. The van der Waals surface area contributed by atoms with E-state index in [-0.39, 0.29) is 0 Å². The van der Waals surface area contributed by atoms with E-state index in [1.165, 1.54) is 5.56 Å². The van der Waals surface area contributed by atoms with E-state index in [1.807, 2.05) is 12.1 Å². The highest BCUT2D eigenvalue weighted by Gasteiger charge is 2.12. The van der Waals surface area contributed by atoms with Crippen LogP contribution in [0.4, 0.5) is 5.88 Å². The maximum atomic E-state index is 5.60. The minimum Gasteiger partial charge on any atom is -0.493 e. The number of ether oxygens (including phenoxy) is 1. The lowest BCUT2D eigenvalue weighted by Gasteiger charge is -2.17. The first kappa shape index (κ1) is 9.27. The predicted molar refractivity (Wildman–Crippen MR) is 60.2 cm³/mol. The highest BCUT2D eigenvalue weighted by molar-refractivity contribution is 5.64. The van der Waals surface area contributed by atoms with Gasteiger partial charge in [-0.1, -0.05) is 17.3 Å². The first-order valence-corrected chi connectivity index (χ1v) is 5.31. The van der Waals surface area contributed by atoms with Gasteiger partial charge in [0.2, 0.25) is 5.88 Å². The number of nitrogens with two attached hydrogens (primary N) is 1. The molecule has 0 bridgehead atoms. The molecule has 3 rings (SSSR count). The Kier molecular flexibility index (Phi) is 2.06. The van der Waals surface area contributed by atoms with Crippen LogP contribution in [-0.4, -0.2) is 11.8 Å². The van der Waals surface area contributed by atoms with Gasteiger partial charge in [-0.25, -0.2) is 0 Å². The molecule has 0 saturated carbocycles. The van der Waals surface area contributed by atoms with E-state index in [9.17, 15) is 0 Å². The van der Waals surface area contributed by atoms with Crippen LogP contribution in [0.15, 0.2) is 28.8 Å². The largest absolute Gasteiger partial charge is 0.493 e. The summed E-state index contributed by atoms with van der Waals surface area (Å²) in [6.45, 7) is 0.789.